The van der Waals surface area contributed by atoms with Gasteiger partial charge in [0.15, 0.2) is 10.9 Å². The minimum absolute atomic E-state index is 0.0588. The van der Waals surface area contributed by atoms with Crippen molar-refractivity contribution in [2.24, 2.45) is 5.92 Å². The molecule has 0 aliphatic heterocycles. The fraction of sp³-hybridized carbons (Fsp3) is 0.174. The van der Waals surface area contributed by atoms with Gasteiger partial charge in [0.2, 0.25) is 5.91 Å². The molecule has 7 nitrogen and oxygen atoms in total. The van der Waals surface area contributed by atoms with E-state index in [-0.39, 0.29) is 22.7 Å². The summed E-state index contributed by atoms with van der Waals surface area (Å²) in [7, 11) is 1.49. The Labute approximate surface area is 206 Å². The first kappa shape index (κ1) is 24.6. The smallest absolute Gasteiger partial charge is 0.293 e. The molecule has 1 heterocycles. The zero-order chi connectivity index (χ0) is 24.1. The van der Waals surface area contributed by atoms with Crippen molar-refractivity contribution in [2.75, 3.05) is 17.7 Å². The zero-order valence-electron chi connectivity index (χ0n) is 18.0. The second-order valence-corrected chi connectivity index (χ2v) is 8.51. The molecule has 172 valence electrons. The van der Waals surface area contributed by atoms with E-state index in [0.29, 0.717) is 38.5 Å². The van der Waals surface area contributed by atoms with E-state index in [1.807, 2.05) is 0 Å². The van der Waals surface area contributed by atoms with Gasteiger partial charge in [0.25, 0.3) is 5.91 Å². The predicted molar refractivity (Wildman–Crippen MR) is 134 cm³/mol. The SMILES string of the molecule is COc1cc(NC(=S)NC(=O)c2ccc(-c3ccc(Cl)cc3Cl)o2)ccc1NC(=O)C(C)C. The Hall–Kier alpha value is -3.07. The minimum atomic E-state index is -0.531. The molecule has 0 aliphatic rings. The standard InChI is InChI=1S/C23H21Cl2N3O4S/c1-12(2)21(29)27-17-7-5-14(11-20(17)31-3)26-23(33)28-22(30)19-9-8-18(32-19)15-6-4-13(24)10-16(15)25/h4-12H,1-3H3,(H,27,29)(H2,26,28,30,33). The number of anilines is 2. The number of ether oxygens (including phenoxy) is 1. The summed E-state index contributed by atoms with van der Waals surface area (Å²) in [5, 5.41) is 9.21. The highest BCUT2D eigenvalue weighted by Gasteiger charge is 2.16. The molecule has 10 heteroatoms. The van der Waals surface area contributed by atoms with Crippen molar-refractivity contribution in [2.45, 2.75) is 13.8 Å². The van der Waals surface area contributed by atoms with E-state index in [4.69, 9.17) is 44.6 Å². The van der Waals surface area contributed by atoms with Gasteiger partial charge in [-0.3, -0.25) is 14.9 Å². The molecule has 3 N–H and O–H groups in total. The van der Waals surface area contributed by atoms with E-state index in [0.717, 1.165) is 0 Å². The Balaban J connectivity index is 1.65. The molecule has 0 unspecified atom stereocenters. The van der Waals surface area contributed by atoms with Crippen molar-refractivity contribution in [1.82, 2.24) is 5.32 Å². The van der Waals surface area contributed by atoms with Crippen molar-refractivity contribution < 1.29 is 18.7 Å². The van der Waals surface area contributed by atoms with Crippen LogP contribution in [0.25, 0.3) is 11.3 Å². The van der Waals surface area contributed by atoms with Crippen molar-refractivity contribution in [3.63, 3.8) is 0 Å². The van der Waals surface area contributed by atoms with Gasteiger partial charge in [0.1, 0.15) is 11.5 Å². The van der Waals surface area contributed by atoms with Crippen LogP contribution < -0.4 is 20.7 Å². The maximum absolute atomic E-state index is 12.5. The number of methoxy groups -OCH3 is 1. The topological polar surface area (TPSA) is 92.6 Å². The molecule has 2 amide bonds. The summed E-state index contributed by atoms with van der Waals surface area (Å²) in [6.45, 7) is 3.59. The fourth-order valence-corrected chi connectivity index (χ4v) is 3.48. The third kappa shape index (κ3) is 6.25. The number of thiocarbonyl (C=S) groups is 1. The first-order chi connectivity index (χ1) is 15.7. The van der Waals surface area contributed by atoms with Crippen LogP contribution in [0.3, 0.4) is 0 Å². The van der Waals surface area contributed by atoms with Crippen molar-refractivity contribution in [3.05, 3.63) is 64.3 Å². The van der Waals surface area contributed by atoms with Gasteiger partial charge in [-0.05, 0) is 54.7 Å². The Morgan fingerprint density at radius 3 is 2.45 bits per heavy atom. The molecular formula is C23H21Cl2N3O4S. The Morgan fingerprint density at radius 1 is 1.03 bits per heavy atom. The van der Waals surface area contributed by atoms with Crippen molar-refractivity contribution in [3.8, 4) is 17.1 Å². The molecule has 1 aromatic heterocycles. The Bertz CT molecular complexity index is 1210. The second kappa shape index (κ2) is 10.7. The Morgan fingerprint density at radius 2 is 1.79 bits per heavy atom. The van der Waals surface area contributed by atoms with Crippen LogP contribution in [0.2, 0.25) is 10.0 Å². The van der Waals surface area contributed by atoms with Gasteiger partial charge >= 0.3 is 0 Å². The van der Waals surface area contributed by atoms with Crippen molar-refractivity contribution >= 4 is 63.7 Å². The molecule has 0 fully saturated rings. The summed E-state index contributed by atoms with van der Waals surface area (Å²) < 4.78 is 11.0. The number of furan rings is 1. The predicted octanol–water partition coefficient (Wildman–Crippen LogP) is 5.98. The molecular weight excluding hydrogens is 485 g/mol. The van der Waals surface area contributed by atoms with Crippen LogP contribution in [-0.2, 0) is 4.79 Å². The average molecular weight is 506 g/mol. The third-order valence-corrected chi connectivity index (χ3v) is 5.25. The monoisotopic (exact) mass is 505 g/mol. The molecule has 0 spiro atoms. The van der Waals surface area contributed by atoms with Gasteiger partial charge in [-0.15, -0.1) is 0 Å². The molecule has 0 saturated carbocycles. The summed E-state index contributed by atoms with van der Waals surface area (Å²) in [5.74, 6) is 0.0897. The highest BCUT2D eigenvalue weighted by atomic mass is 35.5. The summed E-state index contributed by atoms with van der Waals surface area (Å²) >= 11 is 17.3. The number of halogens is 2. The summed E-state index contributed by atoms with van der Waals surface area (Å²) in [5.41, 5.74) is 1.70. The van der Waals surface area contributed by atoms with Crippen LogP contribution in [0, 0.1) is 5.92 Å². The highest BCUT2D eigenvalue weighted by Crippen LogP contribution is 2.32. The van der Waals surface area contributed by atoms with Gasteiger partial charge in [0, 0.05) is 28.3 Å². The fourth-order valence-electron chi connectivity index (χ4n) is 2.77. The molecule has 0 radical (unpaired) electrons. The number of nitrogens with one attached hydrogen (secondary N) is 3. The number of hydrogen-bond acceptors (Lipinski definition) is 5. The van der Waals surface area contributed by atoms with E-state index in [1.165, 1.54) is 13.2 Å². The van der Waals surface area contributed by atoms with Gasteiger partial charge in [-0.25, -0.2) is 0 Å². The van der Waals surface area contributed by atoms with Crippen LogP contribution in [0.4, 0.5) is 11.4 Å². The average Bonchev–Trinajstić information content (AvgIpc) is 3.24. The number of amides is 2. The third-order valence-electron chi connectivity index (χ3n) is 4.50. The minimum Gasteiger partial charge on any atom is -0.494 e. The number of benzene rings is 2. The summed E-state index contributed by atoms with van der Waals surface area (Å²) in [4.78, 5) is 24.5. The molecule has 0 saturated heterocycles. The molecule has 0 aliphatic carbocycles. The lowest BCUT2D eigenvalue weighted by molar-refractivity contribution is -0.118. The molecule has 2 aromatic carbocycles. The van der Waals surface area contributed by atoms with Crippen LogP contribution in [0.15, 0.2) is 52.9 Å². The number of hydrogen-bond donors (Lipinski definition) is 3. The lowest BCUT2D eigenvalue weighted by atomic mass is 10.2. The number of carbonyl (C=O) groups is 2. The van der Waals surface area contributed by atoms with E-state index in [9.17, 15) is 9.59 Å². The van der Waals surface area contributed by atoms with Gasteiger partial charge in [-0.2, -0.15) is 0 Å². The van der Waals surface area contributed by atoms with E-state index in [2.05, 4.69) is 16.0 Å². The lowest BCUT2D eigenvalue weighted by Gasteiger charge is -2.14. The lowest BCUT2D eigenvalue weighted by Crippen LogP contribution is -2.33. The first-order valence-corrected chi connectivity index (χ1v) is 11.0. The van der Waals surface area contributed by atoms with Crippen LogP contribution in [0.1, 0.15) is 24.4 Å². The zero-order valence-corrected chi connectivity index (χ0v) is 20.3. The van der Waals surface area contributed by atoms with Gasteiger partial charge in [0.05, 0.1) is 17.8 Å². The van der Waals surface area contributed by atoms with E-state index < -0.39 is 5.91 Å². The largest absolute Gasteiger partial charge is 0.494 e. The van der Waals surface area contributed by atoms with Crippen LogP contribution in [0.5, 0.6) is 5.75 Å². The van der Waals surface area contributed by atoms with Crippen LogP contribution >= 0.6 is 35.4 Å². The molecule has 3 rings (SSSR count). The number of rotatable bonds is 6. The summed E-state index contributed by atoms with van der Waals surface area (Å²) in [6, 6.07) is 13.2. The maximum atomic E-state index is 12.5. The maximum Gasteiger partial charge on any atom is 0.293 e. The van der Waals surface area contributed by atoms with Gasteiger partial charge < -0.3 is 19.8 Å². The Kier molecular flexibility index (Phi) is 7.97. The van der Waals surface area contributed by atoms with E-state index in [1.54, 1.807) is 56.3 Å². The molecule has 0 atom stereocenters. The quantitative estimate of drug-likeness (QED) is 0.356. The molecule has 0 bridgehead atoms. The van der Waals surface area contributed by atoms with Gasteiger partial charge in [-0.1, -0.05) is 37.0 Å². The van der Waals surface area contributed by atoms with E-state index >= 15 is 0 Å². The normalized spacial score (nSPS) is 10.6. The second-order valence-electron chi connectivity index (χ2n) is 7.26. The molecule has 33 heavy (non-hydrogen) atoms. The number of carbonyl (C=O) groups excluding carboxylic acids is 2. The van der Waals surface area contributed by atoms with Crippen LogP contribution in [-0.4, -0.2) is 24.0 Å². The first-order valence-electron chi connectivity index (χ1n) is 9.84. The summed E-state index contributed by atoms with van der Waals surface area (Å²) in [6.07, 6.45) is 0. The highest BCUT2D eigenvalue weighted by molar-refractivity contribution is 7.80. The molecule has 3 aromatic rings. The van der Waals surface area contributed by atoms with Crippen molar-refractivity contribution in [1.29, 1.82) is 0 Å².